The average molecular weight is 750 g/mol. The van der Waals surface area contributed by atoms with Gasteiger partial charge in [-0.1, -0.05) is 18.6 Å². The standard InChI is InChI=1S/C35H48FN5O10S/c1-34(2,3)51-32(45)37-27-11-7-15-49-14-5-4-9-22-17-35(22,31(44)39-52(47,48)24-12-13-24)38-29(42)28-16-23(19-41(28)30(27)43)50-33(46)40-18-21-8-6-10-26(36)25(21)20-40/h6,8,10,22-24,27-28H,4-5,7,9,11-20H2,1-3H3,(H,37,45)(H,38,42)(H,39,44)/t22-,23-,27+,28+,35-/m1/s1. The van der Waals surface area contributed by atoms with Crippen molar-refractivity contribution in [2.24, 2.45) is 5.92 Å². The smallest absolute Gasteiger partial charge is 0.410 e. The van der Waals surface area contributed by atoms with Crippen LogP contribution in [0.15, 0.2) is 18.2 Å². The van der Waals surface area contributed by atoms with E-state index in [-0.39, 0.29) is 44.8 Å². The molecule has 6 rings (SSSR count). The van der Waals surface area contributed by atoms with E-state index in [1.54, 1.807) is 32.9 Å². The first-order valence-corrected chi connectivity index (χ1v) is 19.6. The summed E-state index contributed by atoms with van der Waals surface area (Å²) in [6.45, 7) is 5.67. The van der Waals surface area contributed by atoms with Crippen molar-refractivity contribution in [1.82, 2.24) is 25.2 Å². The molecule has 1 aromatic carbocycles. The zero-order valence-corrected chi connectivity index (χ0v) is 30.6. The molecule has 0 aromatic heterocycles. The molecule has 286 valence electrons. The van der Waals surface area contributed by atoms with Gasteiger partial charge >= 0.3 is 12.2 Å². The molecule has 5 atom stereocenters. The van der Waals surface area contributed by atoms with Crippen LogP contribution < -0.4 is 15.4 Å². The summed E-state index contributed by atoms with van der Waals surface area (Å²) < 4.78 is 59.2. The molecule has 52 heavy (non-hydrogen) atoms. The second kappa shape index (κ2) is 14.8. The molecule has 0 spiro atoms. The summed E-state index contributed by atoms with van der Waals surface area (Å²) in [6.07, 6.45) is 0.837. The van der Waals surface area contributed by atoms with Crippen LogP contribution in [0, 0.1) is 11.7 Å². The van der Waals surface area contributed by atoms with Crippen LogP contribution in [0.2, 0.25) is 0 Å². The number of ether oxygens (including phenoxy) is 3. The van der Waals surface area contributed by atoms with Crippen LogP contribution in [0.1, 0.15) is 89.7 Å². The van der Waals surface area contributed by atoms with Gasteiger partial charge in [0.2, 0.25) is 21.8 Å². The number of hydrogen-bond donors (Lipinski definition) is 3. The van der Waals surface area contributed by atoms with Crippen LogP contribution in [-0.4, -0.2) is 102 Å². The molecule has 0 unspecified atom stereocenters. The third-order valence-electron chi connectivity index (χ3n) is 10.2. The highest BCUT2D eigenvalue weighted by Crippen LogP contribution is 2.48. The molecule has 2 saturated heterocycles. The third-order valence-corrected chi connectivity index (χ3v) is 12.0. The quantitative estimate of drug-likeness (QED) is 0.404. The minimum atomic E-state index is -3.92. The molecule has 2 aliphatic carbocycles. The minimum absolute atomic E-state index is 0.00709. The lowest BCUT2D eigenvalue weighted by molar-refractivity contribution is -0.141. The molecule has 17 heteroatoms. The van der Waals surface area contributed by atoms with E-state index in [2.05, 4.69) is 15.4 Å². The van der Waals surface area contributed by atoms with Gasteiger partial charge in [0.15, 0.2) is 0 Å². The van der Waals surface area contributed by atoms with E-state index in [1.165, 1.54) is 15.9 Å². The fourth-order valence-corrected chi connectivity index (χ4v) is 8.61. The average Bonchev–Trinajstić information content (AvgIpc) is 3.94. The van der Waals surface area contributed by atoms with Gasteiger partial charge in [0.05, 0.1) is 18.3 Å². The normalized spacial score (nSPS) is 28.5. The zero-order chi connectivity index (χ0) is 37.4. The number of rotatable bonds is 5. The van der Waals surface area contributed by atoms with E-state index >= 15 is 0 Å². The summed E-state index contributed by atoms with van der Waals surface area (Å²) >= 11 is 0. The van der Waals surface area contributed by atoms with Crippen molar-refractivity contribution in [3.05, 3.63) is 35.1 Å². The highest BCUT2D eigenvalue weighted by molar-refractivity contribution is 7.91. The van der Waals surface area contributed by atoms with Gasteiger partial charge in [0, 0.05) is 31.7 Å². The number of carbonyl (C=O) groups excluding carboxylic acids is 5. The molecular weight excluding hydrogens is 701 g/mol. The van der Waals surface area contributed by atoms with Gasteiger partial charge in [-0.25, -0.2) is 22.4 Å². The Bertz CT molecular complexity index is 1700. The zero-order valence-electron chi connectivity index (χ0n) is 29.8. The Morgan fingerprint density at radius 1 is 1.04 bits per heavy atom. The molecule has 5 aliphatic rings. The molecule has 3 aliphatic heterocycles. The third kappa shape index (κ3) is 8.62. The number of halogens is 1. The lowest BCUT2D eigenvalue weighted by atomic mass is 10.1. The maximum Gasteiger partial charge on any atom is 0.410 e. The van der Waals surface area contributed by atoms with Crippen LogP contribution in [-0.2, 0) is 51.7 Å². The maximum atomic E-state index is 14.4. The first-order chi connectivity index (χ1) is 24.6. The van der Waals surface area contributed by atoms with Crippen molar-refractivity contribution in [2.75, 3.05) is 19.8 Å². The van der Waals surface area contributed by atoms with Crippen LogP contribution in [0.5, 0.6) is 0 Å². The lowest BCUT2D eigenvalue weighted by Gasteiger charge is -2.30. The fourth-order valence-electron chi connectivity index (χ4n) is 7.25. The number of amides is 5. The molecule has 3 heterocycles. The lowest BCUT2D eigenvalue weighted by Crippen LogP contribution is -2.58. The summed E-state index contributed by atoms with van der Waals surface area (Å²) in [7, 11) is -3.92. The Balaban J connectivity index is 1.25. The molecule has 0 bridgehead atoms. The monoisotopic (exact) mass is 749 g/mol. The van der Waals surface area contributed by atoms with Crippen molar-refractivity contribution in [3.63, 3.8) is 0 Å². The Hall–Kier alpha value is -3.99. The molecule has 3 N–H and O–H groups in total. The van der Waals surface area contributed by atoms with Crippen LogP contribution in [0.4, 0.5) is 14.0 Å². The Labute approximate surface area is 302 Å². The number of carbonyl (C=O) groups is 5. The van der Waals surface area contributed by atoms with Gasteiger partial charge in [-0.05, 0) is 83.3 Å². The summed E-state index contributed by atoms with van der Waals surface area (Å²) in [5.41, 5.74) is -1.34. The summed E-state index contributed by atoms with van der Waals surface area (Å²) in [4.78, 5) is 70.9. The number of benzene rings is 1. The number of hydrogen-bond acceptors (Lipinski definition) is 10. The van der Waals surface area contributed by atoms with E-state index in [0.717, 1.165) is 0 Å². The van der Waals surface area contributed by atoms with Crippen molar-refractivity contribution in [1.29, 1.82) is 0 Å². The number of sulfonamides is 1. The van der Waals surface area contributed by atoms with Gasteiger partial charge in [-0.2, -0.15) is 0 Å². The first-order valence-electron chi connectivity index (χ1n) is 18.0. The highest BCUT2D eigenvalue weighted by atomic mass is 32.2. The highest BCUT2D eigenvalue weighted by Gasteiger charge is 2.62. The van der Waals surface area contributed by atoms with Crippen LogP contribution >= 0.6 is 0 Å². The fraction of sp³-hybridized carbons (Fsp3) is 0.686. The Morgan fingerprint density at radius 3 is 2.50 bits per heavy atom. The number of alkyl carbamates (subject to hydrolysis) is 1. The molecule has 5 amide bonds. The molecule has 15 nitrogen and oxygen atoms in total. The SMILES string of the molecule is CC(C)(C)OC(=O)N[C@H]1CCCOCCCC[C@@H]2C[C@@]2(C(=O)NS(=O)(=O)C2CC2)NC(=O)[C@@H]2C[C@@H](OC(=O)N3Cc4cccc(F)c4C3)CN2C1=O. The van der Waals surface area contributed by atoms with Gasteiger partial charge in [0.1, 0.15) is 35.1 Å². The van der Waals surface area contributed by atoms with Crippen LogP contribution in [0.25, 0.3) is 0 Å². The molecule has 0 radical (unpaired) electrons. The number of fused-ring (bicyclic) bond motifs is 3. The predicted octanol–water partition coefficient (Wildman–Crippen LogP) is 2.60. The second-order valence-corrected chi connectivity index (χ2v) is 17.4. The van der Waals surface area contributed by atoms with E-state index < -0.39 is 80.3 Å². The number of nitrogens with zero attached hydrogens (tertiary/aromatic N) is 2. The van der Waals surface area contributed by atoms with Gasteiger partial charge in [0.25, 0.3) is 5.91 Å². The minimum Gasteiger partial charge on any atom is -0.444 e. The Kier molecular flexibility index (Phi) is 10.7. The first kappa shape index (κ1) is 37.8. The van der Waals surface area contributed by atoms with E-state index in [4.69, 9.17) is 14.2 Å². The van der Waals surface area contributed by atoms with Gasteiger partial charge in [-0.3, -0.25) is 24.0 Å². The summed E-state index contributed by atoms with van der Waals surface area (Å²) in [6, 6.07) is 2.22. The van der Waals surface area contributed by atoms with Crippen molar-refractivity contribution in [3.8, 4) is 0 Å². The van der Waals surface area contributed by atoms with E-state index in [0.29, 0.717) is 62.9 Å². The summed E-state index contributed by atoms with van der Waals surface area (Å²) in [5.74, 6) is -2.95. The van der Waals surface area contributed by atoms with Crippen molar-refractivity contribution < 1.29 is 51.0 Å². The van der Waals surface area contributed by atoms with Gasteiger partial charge < -0.3 is 29.7 Å². The Morgan fingerprint density at radius 2 is 1.79 bits per heavy atom. The second-order valence-electron chi connectivity index (χ2n) is 15.5. The van der Waals surface area contributed by atoms with Crippen molar-refractivity contribution in [2.45, 2.75) is 126 Å². The molecule has 2 saturated carbocycles. The van der Waals surface area contributed by atoms with Crippen molar-refractivity contribution >= 4 is 39.9 Å². The molecule has 1 aromatic rings. The van der Waals surface area contributed by atoms with Crippen LogP contribution in [0.3, 0.4) is 0 Å². The summed E-state index contributed by atoms with van der Waals surface area (Å²) in [5, 5.41) is 4.79. The largest absolute Gasteiger partial charge is 0.444 e. The van der Waals surface area contributed by atoms with E-state index in [1.807, 2.05) is 0 Å². The topological polar surface area (TPSA) is 190 Å². The van der Waals surface area contributed by atoms with E-state index in [9.17, 15) is 36.8 Å². The predicted molar refractivity (Wildman–Crippen MR) is 182 cm³/mol. The molecular formula is C35H48FN5O10S. The number of nitrogens with one attached hydrogen (secondary N) is 3. The maximum absolute atomic E-state index is 14.4. The molecule has 4 fully saturated rings. The van der Waals surface area contributed by atoms with Gasteiger partial charge in [-0.15, -0.1) is 0 Å².